The van der Waals surface area contributed by atoms with E-state index in [9.17, 15) is 14.0 Å². The van der Waals surface area contributed by atoms with Crippen LogP contribution in [-0.2, 0) is 4.79 Å². The number of nitrogens with zero attached hydrogens (tertiary/aromatic N) is 1. The van der Waals surface area contributed by atoms with E-state index < -0.39 is 5.82 Å². The number of amides is 2. The highest BCUT2D eigenvalue weighted by Crippen LogP contribution is 2.60. The van der Waals surface area contributed by atoms with E-state index in [-0.39, 0.29) is 46.3 Å². The lowest BCUT2D eigenvalue weighted by Crippen LogP contribution is -2.84. The van der Waals surface area contributed by atoms with Crippen molar-refractivity contribution in [2.45, 2.75) is 120 Å². The van der Waals surface area contributed by atoms with Gasteiger partial charge >= 0.3 is 0 Å². The number of halogens is 2. The predicted molar refractivity (Wildman–Crippen MR) is 162 cm³/mol. The van der Waals surface area contributed by atoms with Crippen LogP contribution in [0.3, 0.4) is 0 Å². The molecular weight excluding hydrogens is 571 g/mol. The van der Waals surface area contributed by atoms with E-state index >= 15 is 0 Å². The van der Waals surface area contributed by atoms with Crippen LogP contribution in [0.4, 0.5) is 4.39 Å². The first-order chi connectivity index (χ1) is 20.7. The van der Waals surface area contributed by atoms with Crippen molar-refractivity contribution in [1.82, 2.24) is 21.1 Å². The number of piperidine rings is 1. The molecule has 7 rings (SSSR count). The van der Waals surface area contributed by atoms with Crippen LogP contribution in [0.1, 0.15) is 124 Å². The summed E-state index contributed by atoms with van der Waals surface area (Å²) in [4.78, 5) is 26.1. The van der Waals surface area contributed by atoms with E-state index in [1.807, 2.05) is 0 Å². The molecule has 4 aliphatic carbocycles. The SMILES string of the molecule is Cc1onc(C2CCC3(CCCCCCCCCC3)CN2)c1C(=O)NC12CC(NC(=O)COc3ccc(Cl)c(F)c3)(C1)C2. The number of carbonyl (C=O) groups is 2. The minimum absolute atomic E-state index is 0.000969. The fourth-order valence-electron chi connectivity index (χ4n) is 8.13. The Bertz CT molecular complexity index is 1300. The molecule has 2 heterocycles. The molecule has 10 heteroatoms. The van der Waals surface area contributed by atoms with Gasteiger partial charge < -0.3 is 25.2 Å². The molecule has 3 N–H and O–H groups in total. The van der Waals surface area contributed by atoms with Gasteiger partial charge in [-0.05, 0) is 69.4 Å². The van der Waals surface area contributed by atoms with Crippen molar-refractivity contribution >= 4 is 23.4 Å². The van der Waals surface area contributed by atoms with Crippen LogP contribution in [0, 0.1) is 18.2 Å². The number of ether oxygens (including phenoxy) is 1. The van der Waals surface area contributed by atoms with Gasteiger partial charge in [0.2, 0.25) is 0 Å². The summed E-state index contributed by atoms with van der Waals surface area (Å²) in [6.45, 7) is 2.55. The largest absolute Gasteiger partial charge is 0.484 e. The average molecular weight is 615 g/mol. The molecule has 0 radical (unpaired) electrons. The van der Waals surface area contributed by atoms with Crippen LogP contribution in [0.5, 0.6) is 5.75 Å². The molecule has 1 aromatic carbocycles. The summed E-state index contributed by atoms with van der Waals surface area (Å²) in [7, 11) is 0. The smallest absolute Gasteiger partial charge is 0.258 e. The third-order valence-electron chi connectivity index (χ3n) is 10.4. The van der Waals surface area contributed by atoms with E-state index in [1.165, 1.54) is 76.3 Å². The Kier molecular flexibility index (Phi) is 8.75. The topological polar surface area (TPSA) is 105 Å². The number of hydrogen-bond acceptors (Lipinski definition) is 6. The Hall–Kier alpha value is -2.65. The maximum atomic E-state index is 13.6. The quantitative estimate of drug-likeness (QED) is 0.320. The second-order valence-electron chi connectivity index (χ2n) is 13.8. The standard InChI is InChI=1S/C33H44ClFN4O4/c1-22-28(29(39-43-22)26-12-15-31(21-36-26)13-8-6-4-2-3-5-7-9-14-31)30(41)38-33-18-32(19-33,20-33)37-27(40)17-42-23-10-11-24(34)25(35)16-23/h10-11,16,26,36H,2-9,12-15,17-21H2,1H3,(H,37,40)(H,38,41). The number of aryl methyl sites for hydroxylation is 1. The van der Waals surface area contributed by atoms with Gasteiger partial charge in [0.05, 0.1) is 11.1 Å². The number of aromatic nitrogens is 1. The molecule has 2 bridgehead atoms. The number of carbonyl (C=O) groups excluding carboxylic acids is 2. The molecule has 1 spiro atoms. The van der Waals surface area contributed by atoms with Crippen LogP contribution in [-0.4, -0.2) is 41.2 Å². The van der Waals surface area contributed by atoms with Gasteiger partial charge in [-0.25, -0.2) is 4.39 Å². The maximum absolute atomic E-state index is 13.6. The van der Waals surface area contributed by atoms with Gasteiger partial charge in [-0.3, -0.25) is 9.59 Å². The van der Waals surface area contributed by atoms with Gasteiger partial charge in [-0.15, -0.1) is 0 Å². The van der Waals surface area contributed by atoms with E-state index in [2.05, 4.69) is 21.1 Å². The van der Waals surface area contributed by atoms with Crippen LogP contribution in [0.2, 0.25) is 5.02 Å². The highest BCUT2D eigenvalue weighted by atomic mass is 35.5. The Morgan fingerprint density at radius 3 is 2.30 bits per heavy atom. The summed E-state index contributed by atoms with van der Waals surface area (Å²) in [6, 6.07) is 4.08. The Labute approximate surface area is 258 Å². The monoisotopic (exact) mass is 614 g/mol. The van der Waals surface area contributed by atoms with Crippen molar-refractivity contribution in [1.29, 1.82) is 0 Å². The second-order valence-corrected chi connectivity index (χ2v) is 14.2. The molecular formula is C33H44ClFN4O4. The normalized spacial score (nSPS) is 28.6. The third-order valence-corrected chi connectivity index (χ3v) is 10.7. The summed E-state index contributed by atoms with van der Waals surface area (Å²) in [5.74, 6) is -0.248. The molecule has 1 unspecified atom stereocenters. The highest BCUT2D eigenvalue weighted by molar-refractivity contribution is 6.30. The van der Waals surface area contributed by atoms with Crippen LogP contribution in [0.15, 0.2) is 22.7 Å². The summed E-state index contributed by atoms with van der Waals surface area (Å²) in [6.07, 6.45) is 17.4. The molecule has 5 fully saturated rings. The van der Waals surface area contributed by atoms with E-state index in [4.69, 9.17) is 20.9 Å². The molecule has 1 aromatic heterocycles. The lowest BCUT2D eigenvalue weighted by molar-refractivity contribution is -0.141. The van der Waals surface area contributed by atoms with E-state index in [0.29, 0.717) is 41.7 Å². The van der Waals surface area contributed by atoms with Gasteiger partial charge in [-0.2, -0.15) is 0 Å². The molecule has 8 nitrogen and oxygen atoms in total. The molecule has 5 aliphatic rings. The molecule has 43 heavy (non-hydrogen) atoms. The zero-order chi connectivity index (χ0) is 30.1. The fourth-order valence-corrected chi connectivity index (χ4v) is 8.25. The summed E-state index contributed by atoms with van der Waals surface area (Å²) in [5, 5.41) is 14.4. The minimum Gasteiger partial charge on any atom is -0.484 e. The van der Waals surface area contributed by atoms with Gasteiger partial charge in [0.25, 0.3) is 11.8 Å². The van der Waals surface area contributed by atoms with Gasteiger partial charge in [-0.1, -0.05) is 68.1 Å². The Morgan fingerprint density at radius 2 is 1.67 bits per heavy atom. The molecule has 2 aromatic rings. The molecule has 1 aliphatic heterocycles. The van der Waals surface area contributed by atoms with Crippen molar-refractivity contribution in [2.24, 2.45) is 5.41 Å². The predicted octanol–water partition coefficient (Wildman–Crippen LogP) is 6.70. The van der Waals surface area contributed by atoms with Crippen LogP contribution in [0.25, 0.3) is 0 Å². The van der Waals surface area contributed by atoms with Crippen molar-refractivity contribution in [3.63, 3.8) is 0 Å². The highest BCUT2D eigenvalue weighted by Gasteiger charge is 2.69. The first kappa shape index (κ1) is 30.4. The lowest BCUT2D eigenvalue weighted by Gasteiger charge is -2.70. The van der Waals surface area contributed by atoms with Gasteiger partial charge in [0.1, 0.15) is 28.6 Å². The van der Waals surface area contributed by atoms with Gasteiger partial charge in [0.15, 0.2) is 6.61 Å². The second kappa shape index (κ2) is 12.4. The molecule has 1 atom stereocenters. The molecule has 4 saturated carbocycles. The molecule has 1 saturated heterocycles. The number of benzene rings is 1. The van der Waals surface area contributed by atoms with Crippen molar-refractivity contribution in [3.8, 4) is 5.75 Å². The maximum Gasteiger partial charge on any atom is 0.258 e. The fraction of sp³-hybridized carbons (Fsp3) is 0.667. The zero-order valence-corrected chi connectivity index (χ0v) is 25.9. The number of hydrogen-bond donors (Lipinski definition) is 3. The molecule has 234 valence electrons. The zero-order valence-electron chi connectivity index (χ0n) is 25.2. The van der Waals surface area contributed by atoms with Crippen molar-refractivity contribution in [2.75, 3.05) is 13.2 Å². The van der Waals surface area contributed by atoms with Crippen molar-refractivity contribution in [3.05, 3.63) is 46.1 Å². The van der Waals surface area contributed by atoms with Gasteiger partial charge in [0, 0.05) is 23.7 Å². The minimum atomic E-state index is -0.595. The summed E-state index contributed by atoms with van der Waals surface area (Å²) in [5.41, 5.74) is 0.945. The molecule has 2 amide bonds. The first-order valence-electron chi connectivity index (χ1n) is 16.1. The number of nitrogens with one attached hydrogen (secondary N) is 3. The lowest BCUT2D eigenvalue weighted by atomic mass is 9.44. The third kappa shape index (κ3) is 6.58. The van der Waals surface area contributed by atoms with E-state index in [1.54, 1.807) is 6.92 Å². The first-order valence-corrected chi connectivity index (χ1v) is 16.5. The van der Waals surface area contributed by atoms with Crippen LogP contribution < -0.4 is 20.7 Å². The summed E-state index contributed by atoms with van der Waals surface area (Å²) < 4.78 is 24.6. The van der Waals surface area contributed by atoms with E-state index in [0.717, 1.165) is 25.5 Å². The Balaban J connectivity index is 0.999. The van der Waals surface area contributed by atoms with Crippen LogP contribution >= 0.6 is 11.6 Å². The number of rotatable bonds is 7. The average Bonchev–Trinajstić information content (AvgIpc) is 3.32. The summed E-state index contributed by atoms with van der Waals surface area (Å²) >= 11 is 5.70. The Morgan fingerprint density at radius 1 is 1.02 bits per heavy atom. The van der Waals surface area contributed by atoms with Crippen molar-refractivity contribution < 1.29 is 23.2 Å².